The zero-order chi connectivity index (χ0) is 27.2. The maximum Gasteiger partial charge on any atom is 0.236 e. The lowest BCUT2D eigenvalue weighted by molar-refractivity contribution is -0.139. The van der Waals surface area contributed by atoms with E-state index < -0.39 is 0 Å². The Morgan fingerprint density at radius 2 is 1.56 bits per heavy atom. The van der Waals surface area contributed by atoms with Crippen molar-refractivity contribution in [3.8, 4) is 5.75 Å². The van der Waals surface area contributed by atoms with Crippen LogP contribution in [0.3, 0.4) is 0 Å². The van der Waals surface area contributed by atoms with Crippen LogP contribution in [0.4, 0.5) is 0 Å². The van der Waals surface area contributed by atoms with Crippen LogP contribution in [0.2, 0.25) is 5.02 Å². The fourth-order valence-electron chi connectivity index (χ4n) is 6.09. The molecule has 2 fully saturated rings. The molecule has 0 bridgehead atoms. The number of rotatable bonds is 8. The Morgan fingerprint density at radius 3 is 2.28 bits per heavy atom. The first-order valence-electron chi connectivity index (χ1n) is 14.4. The number of amides is 2. The van der Waals surface area contributed by atoms with E-state index in [1.807, 2.05) is 40.1 Å². The zero-order valence-electron chi connectivity index (χ0n) is 23.1. The predicted molar refractivity (Wildman–Crippen MR) is 154 cm³/mol. The van der Waals surface area contributed by atoms with Crippen LogP contribution in [0, 0.1) is 5.41 Å². The van der Waals surface area contributed by atoms with Crippen molar-refractivity contribution in [2.24, 2.45) is 5.41 Å². The van der Waals surface area contributed by atoms with Crippen molar-refractivity contribution in [2.45, 2.75) is 39.2 Å². The first-order chi connectivity index (χ1) is 18.9. The van der Waals surface area contributed by atoms with Gasteiger partial charge in [-0.25, -0.2) is 0 Å². The number of ether oxygens (including phenoxy) is 1. The summed E-state index contributed by atoms with van der Waals surface area (Å²) in [7, 11) is 0. The highest BCUT2D eigenvalue weighted by Gasteiger charge is 2.40. The minimum Gasteiger partial charge on any atom is -0.493 e. The number of halogens is 1. The number of likely N-dealkylation sites (N-methyl/N-ethyl adjacent to an activating group) is 1. The fourth-order valence-corrected chi connectivity index (χ4v) is 6.27. The lowest BCUT2D eigenvalue weighted by atomic mass is 9.75. The van der Waals surface area contributed by atoms with Gasteiger partial charge in [-0.15, -0.1) is 0 Å². The second-order valence-electron chi connectivity index (χ2n) is 11.3. The van der Waals surface area contributed by atoms with Gasteiger partial charge in [0.15, 0.2) is 0 Å². The Kier molecular flexibility index (Phi) is 9.10. The molecule has 0 saturated carbocycles. The topological polar surface area (TPSA) is 56.3 Å². The second kappa shape index (κ2) is 12.7. The summed E-state index contributed by atoms with van der Waals surface area (Å²) >= 11 is 6.19. The van der Waals surface area contributed by atoms with E-state index in [-0.39, 0.29) is 17.2 Å². The van der Waals surface area contributed by atoms with Crippen molar-refractivity contribution in [1.82, 2.24) is 19.6 Å². The van der Waals surface area contributed by atoms with Gasteiger partial charge >= 0.3 is 0 Å². The Bertz CT molecular complexity index is 1140. The average Bonchev–Trinajstić information content (AvgIpc) is 2.96. The van der Waals surface area contributed by atoms with Crippen LogP contribution in [0.5, 0.6) is 5.75 Å². The molecule has 3 heterocycles. The molecule has 3 aliphatic heterocycles. The molecular formula is C31H41ClN4O3. The third-order valence-electron chi connectivity index (χ3n) is 8.80. The number of nitrogens with zero attached hydrogens (tertiary/aromatic N) is 4. The van der Waals surface area contributed by atoms with Gasteiger partial charge in [-0.05, 0) is 55.1 Å². The van der Waals surface area contributed by atoms with Crippen molar-refractivity contribution >= 4 is 23.4 Å². The van der Waals surface area contributed by atoms with E-state index in [1.54, 1.807) is 0 Å². The number of carbonyl (C=O) groups excluding carboxylic acids is 2. The number of likely N-dealkylation sites (tertiary alicyclic amines) is 1. The molecule has 3 aliphatic rings. The molecule has 0 N–H and O–H groups in total. The van der Waals surface area contributed by atoms with Crippen molar-refractivity contribution in [2.75, 3.05) is 65.5 Å². The van der Waals surface area contributed by atoms with Crippen LogP contribution in [0.1, 0.15) is 37.3 Å². The van der Waals surface area contributed by atoms with E-state index in [4.69, 9.17) is 16.3 Å². The van der Waals surface area contributed by atoms with Gasteiger partial charge in [-0.2, -0.15) is 0 Å². The van der Waals surface area contributed by atoms with Gasteiger partial charge in [0, 0.05) is 69.2 Å². The number of hydrogen-bond donors (Lipinski definition) is 0. The minimum absolute atomic E-state index is 0.174. The summed E-state index contributed by atoms with van der Waals surface area (Å²) in [5.74, 6) is 1.09. The summed E-state index contributed by atoms with van der Waals surface area (Å²) in [6.45, 7) is 10.8. The smallest absolute Gasteiger partial charge is 0.236 e. The van der Waals surface area contributed by atoms with E-state index in [0.717, 1.165) is 58.5 Å². The summed E-state index contributed by atoms with van der Waals surface area (Å²) < 4.78 is 6.24. The third kappa shape index (κ3) is 7.13. The van der Waals surface area contributed by atoms with Crippen LogP contribution in [-0.4, -0.2) is 96.9 Å². The molecule has 0 spiro atoms. The number of benzene rings is 2. The quantitative estimate of drug-likeness (QED) is 0.496. The molecule has 0 aromatic heterocycles. The highest BCUT2D eigenvalue weighted by molar-refractivity contribution is 6.30. The molecular weight excluding hydrogens is 512 g/mol. The molecule has 2 aromatic rings. The lowest BCUT2D eigenvalue weighted by Crippen LogP contribution is -2.52. The fraction of sp³-hybridized carbons (Fsp3) is 0.548. The Balaban J connectivity index is 1.22. The van der Waals surface area contributed by atoms with Crippen LogP contribution in [-0.2, 0) is 22.6 Å². The van der Waals surface area contributed by atoms with E-state index in [9.17, 15) is 9.59 Å². The molecule has 210 valence electrons. The average molecular weight is 553 g/mol. The van der Waals surface area contributed by atoms with Crippen molar-refractivity contribution in [1.29, 1.82) is 0 Å². The molecule has 5 rings (SSSR count). The van der Waals surface area contributed by atoms with Crippen LogP contribution >= 0.6 is 11.6 Å². The number of hydrogen-bond acceptors (Lipinski definition) is 5. The van der Waals surface area contributed by atoms with E-state index >= 15 is 0 Å². The Hall–Kier alpha value is -2.61. The van der Waals surface area contributed by atoms with Gasteiger partial charge in [-0.3, -0.25) is 14.5 Å². The van der Waals surface area contributed by atoms with Gasteiger partial charge in [0.2, 0.25) is 11.8 Å². The molecule has 0 radical (unpaired) electrons. The molecule has 39 heavy (non-hydrogen) atoms. The molecule has 2 saturated heterocycles. The molecule has 0 aliphatic carbocycles. The maximum absolute atomic E-state index is 13.6. The molecule has 0 unspecified atom stereocenters. The van der Waals surface area contributed by atoms with E-state index in [0.29, 0.717) is 50.0 Å². The summed E-state index contributed by atoms with van der Waals surface area (Å²) in [5, 5.41) is 0.629. The van der Waals surface area contributed by atoms with E-state index in [1.165, 1.54) is 11.1 Å². The molecule has 8 heteroatoms. The summed E-state index contributed by atoms with van der Waals surface area (Å²) in [5.41, 5.74) is 2.25. The number of fused-ring (bicyclic) bond motifs is 1. The number of carbonyl (C=O) groups is 2. The minimum atomic E-state index is -0.320. The summed E-state index contributed by atoms with van der Waals surface area (Å²) in [6.07, 6.45) is 2.82. The number of piperazine rings is 1. The largest absolute Gasteiger partial charge is 0.493 e. The van der Waals surface area contributed by atoms with Crippen molar-refractivity contribution in [3.63, 3.8) is 0 Å². The van der Waals surface area contributed by atoms with Crippen molar-refractivity contribution < 1.29 is 14.3 Å². The second-order valence-corrected chi connectivity index (χ2v) is 11.8. The zero-order valence-corrected chi connectivity index (χ0v) is 23.9. The number of piperidine rings is 1. The van der Waals surface area contributed by atoms with Gasteiger partial charge in [0.05, 0.1) is 13.2 Å². The first kappa shape index (κ1) is 27.9. The van der Waals surface area contributed by atoms with Gasteiger partial charge in [0.1, 0.15) is 5.75 Å². The molecule has 2 aromatic carbocycles. The molecule has 2 amide bonds. The molecule has 7 nitrogen and oxygen atoms in total. The van der Waals surface area contributed by atoms with Crippen molar-refractivity contribution in [3.05, 3.63) is 64.7 Å². The van der Waals surface area contributed by atoms with Gasteiger partial charge in [-0.1, -0.05) is 48.9 Å². The Morgan fingerprint density at radius 1 is 0.846 bits per heavy atom. The first-order valence-corrected chi connectivity index (χ1v) is 14.8. The third-order valence-corrected chi connectivity index (χ3v) is 9.03. The van der Waals surface area contributed by atoms with Gasteiger partial charge < -0.3 is 19.4 Å². The summed E-state index contributed by atoms with van der Waals surface area (Å²) in [4.78, 5) is 35.5. The van der Waals surface area contributed by atoms with Crippen LogP contribution in [0.25, 0.3) is 0 Å². The highest BCUT2D eigenvalue weighted by Crippen LogP contribution is 2.37. The van der Waals surface area contributed by atoms with E-state index in [2.05, 4.69) is 34.9 Å². The summed E-state index contributed by atoms with van der Waals surface area (Å²) in [6, 6.07) is 15.8. The lowest BCUT2D eigenvalue weighted by Gasteiger charge is -2.43. The van der Waals surface area contributed by atoms with Gasteiger partial charge in [0.25, 0.3) is 0 Å². The SMILES string of the molecule is CCN1CCN(CC(=O)N2CCC(COc3cccc(Cl)c3)(CC(=O)N3CCc4ccccc4C3)CC2)CC1. The monoisotopic (exact) mass is 552 g/mol. The highest BCUT2D eigenvalue weighted by atomic mass is 35.5. The molecule has 0 atom stereocenters. The van der Waals surface area contributed by atoms with Crippen LogP contribution < -0.4 is 4.74 Å². The standard InChI is InChI=1S/C31H41ClN4O3/c1-2-33-16-18-34(19-17-33)23-30(38)35-14-11-31(12-15-35,24-39-28-9-5-8-27(32)20-28)21-29(37)36-13-10-25-6-3-4-7-26(25)22-36/h3-9,20H,2,10-19,21-24H2,1H3. The van der Waals surface area contributed by atoms with Crippen LogP contribution in [0.15, 0.2) is 48.5 Å². The maximum atomic E-state index is 13.6. The predicted octanol–water partition coefficient (Wildman–Crippen LogP) is 3.94. The normalized spacial score (nSPS) is 19.9. The Labute approximate surface area is 237 Å².